The van der Waals surface area contributed by atoms with E-state index in [0.29, 0.717) is 6.54 Å². The maximum absolute atomic E-state index is 11.9. The lowest BCUT2D eigenvalue weighted by atomic mass is 10.1. The zero-order valence-corrected chi connectivity index (χ0v) is 11.4. The average Bonchev–Trinajstić information content (AvgIpc) is 2.44. The predicted octanol–water partition coefficient (Wildman–Crippen LogP) is 0.717. The third kappa shape index (κ3) is 4.98. The summed E-state index contributed by atoms with van der Waals surface area (Å²) in [4.78, 5) is 11.9. The van der Waals surface area contributed by atoms with Crippen molar-refractivity contribution in [3.8, 4) is 0 Å². The number of aliphatic hydroxyl groups is 1. The molecule has 5 heteroatoms. The molecule has 106 valence electrons. The largest absolute Gasteiger partial charge is 0.459 e. The molecule has 0 aliphatic carbocycles. The molecule has 0 aliphatic heterocycles. The van der Waals surface area contributed by atoms with Gasteiger partial charge < -0.3 is 19.9 Å². The fourth-order valence-electron chi connectivity index (χ4n) is 1.61. The van der Waals surface area contributed by atoms with Crippen LogP contribution in [0.5, 0.6) is 0 Å². The summed E-state index contributed by atoms with van der Waals surface area (Å²) in [6.45, 7) is 2.68. The summed E-state index contributed by atoms with van der Waals surface area (Å²) in [6, 6.07) is 9.32. The highest BCUT2D eigenvalue weighted by Gasteiger charge is 2.37. The second-order valence-electron chi connectivity index (χ2n) is 4.31. The Balaban J connectivity index is 2.56. The topological polar surface area (TPSA) is 67.8 Å². The van der Waals surface area contributed by atoms with E-state index in [-0.39, 0.29) is 19.8 Å². The van der Waals surface area contributed by atoms with Crippen molar-refractivity contribution in [2.24, 2.45) is 0 Å². The molecule has 0 fully saturated rings. The van der Waals surface area contributed by atoms with Gasteiger partial charge in [0.25, 0.3) is 0 Å². The highest BCUT2D eigenvalue weighted by molar-refractivity contribution is 5.79. The zero-order valence-electron chi connectivity index (χ0n) is 11.4. The minimum Gasteiger partial charge on any atom is -0.459 e. The van der Waals surface area contributed by atoms with Crippen LogP contribution in [0.4, 0.5) is 0 Å². The molecule has 0 heterocycles. The summed E-state index contributed by atoms with van der Waals surface area (Å²) >= 11 is 0. The van der Waals surface area contributed by atoms with Crippen LogP contribution in [0.3, 0.4) is 0 Å². The molecular weight excluding hydrogens is 246 g/mol. The first-order valence-corrected chi connectivity index (χ1v) is 6.25. The lowest BCUT2D eigenvalue weighted by Gasteiger charge is -2.25. The van der Waals surface area contributed by atoms with Crippen LogP contribution in [-0.4, -0.2) is 43.5 Å². The molecule has 19 heavy (non-hydrogen) atoms. The van der Waals surface area contributed by atoms with Crippen molar-refractivity contribution in [1.29, 1.82) is 0 Å². The highest BCUT2D eigenvalue weighted by Crippen LogP contribution is 2.10. The van der Waals surface area contributed by atoms with Crippen molar-refractivity contribution >= 4 is 5.97 Å². The van der Waals surface area contributed by atoms with E-state index in [4.69, 9.17) is 9.47 Å². The Hall–Kier alpha value is -1.43. The van der Waals surface area contributed by atoms with Gasteiger partial charge in [-0.1, -0.05) is 37.3 Å². The summed E-state index contributed by atoms with van der Waals surface area (Å²) < 4.78 is 10.0. The van der Waals surface area contributed by atoms with Crippen LogP contribution in [-0.2, 0) is 20.9 Å². The SMILES string of the molecule is CCNCC(O)(COC)C(=O)OCc1ccccc1. The van der Waals surface area contributed by atoms with Crippen LogP contribution in [0.1, 0.15) is 12.5 Å². The number of rotatable bonds is 8. The Morgan fingerprint density at radius 2 is 2.05 bits per heavy atom. The summed E-state index contributed by atoms with van der Waals surface area (Å²) in [6.07, 6.45) is 0. The molecule has 1 rings (SSSR count). The fourth-order valence-corrected chi connectivity index (χ4v) is 1.61. The van der Waals surface area contributed by atoms with Gasteiger partial charge in [0.05, 0.1) is 6.61 Å². The molecule has 0 aliphatic rings. The van der Waals surface area contributed by atoms with E-state index < -0.39 is 11.6 Å². The van der Waals surface area contributed by atoms with E-state index in [1.165, 1.54) is 7.11 Å². The van der Waals surface area contributed by atoms with Crippen molar-refractivity contribution in [3.63, 3.8) is 0 Å². The maximum Gasteiger partial charge on any atom is 0.342 e. The first-order valence-electron chi connectivity index (χ1n) is 6.25. The van der Waals surface area contributed by atoms with Crippen molar-refractivity contribution in [2.45, 2.75) is 19.1 Å². The van der Waals surface area contributed by atoms with Gasteiger partial charge >= 0.3 is 5.97 Å². The number of carbonyl (C=O) groups excluding carboxylic acids is 1. The molecule has 1 atom stereocenters. The number of benzene rings is 1. The smallest absolute Gasteiger partial charge is 0.342 e. The van der Waals surface area contributed by atoms with Crippen molar-refractivity contribution in [2.75, 3.05) is 26.8 Å². The van der Waals surface area contributed by atoms with Crippen molar-refractivity contribution in [3.05, 3.63) is 35.9 Å². The Bertz CT molecular complexity index is 382. The van der Waals surface area contributed by atoms with Gasteiger partial charge in [-0.2, -0.15) is 0 Å². The second kappa shape index (κ2) is 7.89. The monoisotopic (exact) mass is 267 g/mol. The Morgan fingerprint density at radius 1 is 1.37 bits per heavy atom. The van der Waals surface area contributed by atoms with Gasteiger partial charge in [0.15, 0.2) is 5.60 Å². The minimum atomic E-state index is -1.65. The lowest BCUT2D eigenvalue weighted by Crippen LogP contribution is -2.51. The molecular formula is C14H21NO4. The molecule has 0 aromatic heterocycles. The number of esters is 1. The van der Waals surface area contributed by atoms with Crippen molar-refractivity contribution in [1.82, 2.24) is 5.32 Å². The number of carbonyl (C=O) groups is 1. The van der Waals surface area contributed by atoms with E-state index in [1.54, 1.807) is 0 Å². The van der Waals surface area contributed by atoms with Gasteiger partial charge in [-0.15, -0.1) is 0 Å². The fraction of sp³-hybridized carbons (Fsp3) is 0.500. The van der Waals surface area contributed by atoms with E-state index in [1.807, 2.05) is 37.3 Å². The average molecular weight is 267 g/mol. The molecule has 0 radical (unpaired) electrons. The Morgan fingerprint density at radius 3 is 2.63 bits per heavy atom. The van der Waals surface area contributed by atoms with Crippen LogP contribution in [0, 0.1) is 0 Å². The van der Waals surface area contributed by atoms with Gasteiger partial charge in [0.1, 0.15) is 6.61 Å². The second-order valence-corrected chi connectivity index (χ2v) is 4.31. The number of likely N-dealkylation sites (N-methyl/N-ethyl adjacent to an activating group) is 1. The third-order valence-electron chi connectivity index (χ3n) is 2.64. The number of hydrogen-bond acceptors (Lipinski definition) is 5. The molecule has 0 saturated heterocycles. The van der Waals surface area contributed by atoms with Crippen LogP contribution in [0.25, 0.3) is 0 Å². The number of methoxy groups -OCH3 is 1. The first kappa shape index (κ1) is 15.6. The molecule has 1 aromatic rings. The maximum atomic E-state index is 11.9. The van der Waals surface area contributed by atoms with Crippen LogP contribution in [0.2, 0.25) is 0 Å². The number of hydrogen-bond donors (Lipinski definition) is 2. The summed E-state index contributed by atoms with van der Waals surface area (Å²) in [5.41, 5.74) is -0.779. The molecule has 0 bridgehead atoms. The van der Waals surface area contributed by atoms with Crippen LogP contribution < -0.4 is 5.32 Å². The summed E-state index contributed by atoms with van der Waals surface area (Å²) in [5, 5.41) is 13.1. The summed E-state index contributed by atoms with van der Waals surface area (Å²) in [5.74, 6) is -0.681. The third-order valence-corrected chi connectivity index (χ3v) is 2.64. The lowest BCUT2D eigenvalue weighted by molar-refractivity contribution is -0.171. The highest BCUT2D eigenvalue weighted by atomic mass is 16.6. The molecule has 5 nitrogen and oxygen atoms in total. The van der Waals surface area contributed by atoms with Gasteiger partial charge in [0, 0.05) is 13.7 Å². The zero-order chi connectivity index (χ0) is 14.1. The minimum absolute atomic E-state index is 0.102. The molecule has 1 aromatic carbocycles. The molecule has 0 spiro atoms. The van der Waals surface area contributed by atoms with E-state index in [2.05, 4.69) is 5.32 Å². The van der Waals surface area contributed by atoms with Crippen LogP contribution >= 0.6 is 0 Å². The number of nitrogens with one attached hydrogen (secondary N) is 1. The van der Waals surface area contributed by atoms with Gasteiger partial charge in [-0.05, 0) is 12.1 Å². The predicted molar refractivity (Wildman–Crippen MR) is 71.6 cm³/mol. The van der Waals surface area contributed by atoms with E-state index >= 15 is 0 Å². The summed E-state index contributed by atoms with van der Waals surface area (Å²) in [7, 11) is 1.43. The van der Waals surface area contributed by atoms with E-state index in [9.17, 15) is 9.90 Å². The molecule has 0 saturated carbocycles. The quantitative estimate of drug-likeness (QED) is 0.679. The first-order chi connectivity index (χ1) is 9.12. The van der Waals surface area contributed by atoms with Gasteiger partial charge in [-0.25, -0.2) is 4.79 Å². The van der Waals surface area contributed by atoms with E-state index in [0.717, 1.165) is 5.56 Å². The normalized spacial score (nSPS) is 13.8. The molecule has 2 N–H and O–H groups in total. The van der Waals surface area contributed by atoms with Crippen molar-refractivity contribution < 1.29 is 19.4 Å². The Kier molecular flexibility index (Phi) is 6.49. The molecule has 0 amide bonds. The number of ether oxygens (including phenoxy) is 2. The Labute approximate surface area is 113 Å². The van der Waals surface area contributed by atoms with Gasteiger partial charge in [-0.3, -0.25) is 0 Å². The van der Waals surface area contributed by atoms with Gasteiger partial charge in [0.2, 0.25) is 0 Å². The van der Waals surface area contributed by atoms with Crippen LogP contribution in [0.15, 0.2) is 30.3 Å². The standard InChI is InChI=1S/C14H21NO4/c1-3-15-10-14(17,11-18-2)13(16)19-9-12-7-5-4-6-8-12/h4-8,15,17H,3,9-11H2,1-2H3. The molecule has 1 unspecified atom stereocenters.